The van der Waals surface area contributed by atoms with E-state index in [1.54, 1.807) is 12.4 Å². The van der Waals surface area contributed by atoms with Gasteiger partial charge in [0.15, 0.2) is 11.0 Å². The molecule has 1 rings (SSSR count). The molecule has 0 amide bonds. The molecule has 0 radical (unpaired) electrons. The number of hydrogen-bond donors (Lipinski definition) is 0. The number of rotatable bonds is 5. The Labute approximate surface area is 95.9 Å². The minimum atomic E-state index is 0.463. The van der Waals surface area contributed by atoms with Gasteiger partial charge in [-0.3, -0.25) is 0 Å². The average Bonchev–Trinajstić information content (AvgIpc) is 2.17. The summed E-state index contributed by atoms with van der Waals surface area (Å²) in [5.41, 5.74) is 0. The Morgan fingerprint density at radius 1 is 1.13 bits per heavy atom. The van der Waals surface area contributed by atoms with E-state index in [-0.39, 0.29) is 0 Å². The Morgan fingerprint density at radius 2 is 1.80 bits per heavy atom. The van der Waals surface area contributed by atoms with Crippen molar-refractivity contribution in [2.24, 2.45) is 0 Å². The summed E-state index contributed by atoms with van der Waals surface area (Å²) in [4.78, 5) is 12.4. The van der Waals surface area contributed by atoms with E-state index in [1.165, 1.54) is 0 Å². The fourth-order valence-corrected chi connectivity index (χ4v) is 1.55. The van der Waals surface area contributed by atoms with Crippen molar-refractivity contribution < 1.29 is 0 Å². The van der Waals surface area contributed by atoms with Gasteiger partial charge in [-0.15, -0.1) is 0 Å². The normalized spacial score (nSPS) is 10.7. The van der Waals surface area contributed by atoms with Gasteiger partial charge in [-0.25, -0.2) is 9.97 Å². The van der Waals surface area contributed by atoms with Gasteiger partial charge in [-0.05, 0) is 27.1 Å². The molecule has 15 heavy (non-hydrogen) atoms. The van der Waals surface area contributed by atoms with Crippen molar-refractivity contribution in [3.05, 3.63) is 17.5 Å². The van der Waals surface area contributed by atoms with Gasteiger partial charge < -0.3 is 9.80 Å². The van der Waals surface area contributed by atoms with Crippen LogP contribution in [0, 0.1) is 0 Å². The number of anilines is 1. The maximum Gasteiger partial charge on any atom is 0.171 e. The largest absolute Gasteiger partial charge is 0.357 e. The highest BCUT2D eigenvalue weighted by Crippen LogP contribution is 2.18. The Bertz CT molecular complexity index is 303. The van der Waals surface area contributed by atoms with Crippen LogP contribution in [0.25, 0.3) is 0 Å². The molecule has 4 nitrogen and oxygen atoms in total. The fourth-order valence-electron chi connectivity index (χ4n) is 1.30. The summed E-state index contributed by atoms with van der Waals surface area (Å²) in [7, 11) is 6.11. The molecule has 0 aliphatic carbocycles. The lowest BCUT2D eigenvalue weighted by Gasteiger charge is -2.19. The van der Waals surface area contributed by atoms with Crippen molar-refractivity contribution >= 4 is 17.4 Å². The third-order valence-corrected chi connectivity index (χ3v) is 2.36. The highest BCUT2D eigenvalue weighted by molar-refractivity contribution is 6.31. The predicted octanol–water partition coefficient (Wildman–Crippen LogP) is 1.52. The van der Waals surface area contributed by atoms with E-state index in [1.807, 2.05) is 11.9 Å². The maximum atomic E-state index is 5.93. The van der Waals surface area contributed by atoms with Crippen LogP contribution >= 0.6 is 11.6 Å². The van der Waals surface area contributed by atoms with Gasteiger partial charge in [0, 0.05) is 26.0 Å². The van der Waals surface area contributed by atoms with Gasteiger partial charge in [0.2, 0.25) is 0 Å². The molecule has 5 heteroatoms. The summed E-state index contributed by atoms with van der Waals surface area (Å²) in [6.07, 6.45) is 4.33. The second-order valence-electron chi connectivity index (χ2n) is 3.75. The fraction of sp³-hybridized carbons (Fsp3) is 0.600. The van der Waals surface area contributed by atoms with Crippen molar-refractivity contribution in [1.29, 1.82) is 0 Å². The SMILES string of the molecule is CN(C)CCCN(C)c1nccnc1Cl. The number of aromatic nitrogens is 2. The molecule has 0 saturated heterocycles. The number of nitrogens with zero attached hydrogens (tertiary/aromatic N) is 4. The third kappa shape index (κ3) is 4.01. The second kappa shape index (κ2) is 5.88. The van der Waals surface area contributed by atoms with Crippen molar-refractivity contribution in [2.45, 2.75) is 6.42 Å². The monoisotopic (exact) mass is 228 g/mol. The summed E-state index contributed by atoms with van der Waals surface area (Å²) in [6.45, 7) is 1.98. The van der Waals surface area contributed by atoms with Gasteiger partial charge in [0.25, 0.3) is 0 Å². The topological polar surface area (TPSA) is 32.3 Å². The Kier molecular flexibility index (Phi) is 4.78. The molecule has 84 valence electrons. The van der Waals surface area contributed by atoms with Crippen LogP contribution in [0.2, 0.25) is 5.15 Å². The smallest absolute Gasteiger partial charge is 0.171 e. The van der Waals surface area contributed by atoms with Crippen molar-refractivity contribution in [2.75, 3.05) is 39.1 Å². The summed E-state index contributed by atoms with van der Waals surface area (Å²) >= 11 is 5.93. The molecule has 0 aliphatic heterocycles. The molecule has 0 unspecified atom stereocenters. The van der Waals surface area contributed by atoms with E-state index in [0.717, 1.165) is 25.3 Å². The van der Waals surface area contributed by atoms with Crippen LogP contribution in [0.4, 0.5) is 5.82 Å². The van der Waals surface area contributed by atoms with Gasteiger partial charge in [0.05, 0.1) is 0 Å². The van der Waals surface area contributed by atoms with Crippen LogP contribution in [0.15, 0.2) is 12.4 Å². The van der Waals surface area contributed by atoms with Gasteiger partial charge in [-0.1, -0.05) is 11.6 Å². The molecule has 0 fully saturated rings. The van der Waals surface area contributed by atoms with Crippen molar-refractivity contribution in [1.82, 2.24) is 14.9 Å². The molecular formula is C10H17ClN4. The van der Waals surface area contributed by atoms with Crippen molar-refractivity contribution in [3.63, 3.8) is 0 Å². The van der Waals surface area contributed by atoms with E-state index >= 15 is 0 Å². The Morgan fingerprint density at radius 3 is 2.40 bits per heavy atom. The zero-order chi connectivity index (χ0) is 11.3. The quantitative estimate of drug-likeness (QED) is 0.765. The van der Waals surface area contributed by atoms with Crippen LogP contribution in [-0.2, 0) is 0 Å². The molecule has 0 aliphatic rings. The minimum absolute atomic E-state index is 0.463. The summed E-state index contributed by atoms with van der Waals surface area (Å²) in [6, 6.07) is 0. The van der Waals surface area contributed by atoms with Gasteiger partial charge in [0.1, 0.15) is 0 Å². The molecule has 1 heterocycles. The number of halogens is 1. The van der Waals surface area contributed by atoms with E-state index in [9.17, 15) is 0 Å². The molecule has 0 N–H and O–H groups in total. The Hall–Kier alpha value is -0.870. The molecule has 1 aromatic rings. The first kappa shape index (κ1) is 12.2. The lowest BCUT2D eigenvalue weighted by Crippen LogP contribution is -2.24. The van der Waals surface area contributed by atoms with Crippen molar-refractivity contribution in [3.8, 4) is 0 Å². The molecular weight excluding hydrogens is 212 g/mol. The third-order valence-electron chi connectivity index (χ3n) is 2.10. The molecule has 0 saturated carbocycles. The van der Waals surface area contributed by atoms with Crippen LogP contribution in [-0.4, -0.2) is 49.1 Å². The first-order valence-electron chi connectivity index (χ1n) is 4.93. The standard InChI is InChI=1S/C10H17ClN4/c1-14(2)7-4-8-15(3)10-9(11)12-5-6-13-10/h5-6H,4,7-8H2,1-3H3. The van der Waals surface area contributed by atoms with E-state index in [4.69, 9.17) is 11.6 Å². The number of hydrogen-bond acceptors (Lipinski definition) is 4. The van der Waals surface area contributed by atoms with E-state index in [0.29, 0.717) is 5.15 Å². The van der Waals surface area contributed by atoms with Crippen LogP contribution in [0.3, 0.4) is 0 Å². The second-order valence-corrected chi connectivity index (χ2v) is 4.11. The van der Waals surface area contributed by atoms with Gasteiger partial charge >= 0.3 is 0 Å². The Balaban J connectivity index is 2.47. The summed E-state index contributed by atoms with van der Waals surface area (Å²) in [5, 5.41) is 0.463. The highest BCUT2D eigenvalue weighted by atomic mass is 35.5. The average molecular weight is 229 g/mol. The lowest BCUT2D eigenvalue weighted by atomic mass is 10.4. The summed E-state index contributed by atoms with van der Waals surface area (Å²) < 4.78 is 0. The lowest BCUT2D eigenvalue weighted by molar-refractivity contribution is 0.401. The first-order valence-corrected chi connectivity index (χ1v) is 5.31. The maximum absolute atomic E-state index is 5.93. The van der Waals surface area contributed by atoms with E-state index in [2.05, 4.69) is 29.0 Å². The van der Waals surface area contributed by atoms with Crippen LogP contribution in [0.1, 0.15) is 6.42 Å². The predicted molar refractivity (Wildman–Crippen MR) is 63.5 cm³/mol. The zero-order valence-corrected chi connectivity index (χ0v) is 10.2. The van der Waals surface area contributed by atoms with Crippen LogP contribution in [0.5, 0.6) is 0 Å². The zero-order valence-electron chi connectivity index (χ0n) is 9.44. The van der Waals surface area contributed by atoms with E-state index < -0.39 is 0 Å². The van der Waals surface area contributed by atoms with Gasteiger partial charge in [-0.2, -0.15) is 0 Å². The molecule has 0 bridgehead atoms. The molecule has 0 aromatic carbocycles. The highest BCUT2D eigenvalue weighted by Gasteiger charge is 2.07. The first-order chi connectivity index (χ1) is 7.11. The molecule has 0 atom stereocenters. The molecule has 1 aromatic heterocycles. The minimum Gasteiger partial charge on any atom is -0.357 e. The molecule has 0 spiro atoms. The van der Waals surface area contributed by atoms with Crippen LogP contribution < -0.4 is 4.90 Å². The summed E-state index contributed by atoms with van der Waals surface area (Å²) in [5.74, 6) is 0.748.